The van der Waals surface area contributed by atoms with Crippen molar-refractivity contribution in [1.82, 2.24) is 9.88 Å². The second-order valence-electron chi connectivity index (χ2n) is 6.76. The number of thiophene rings is 1. The number of nitro groups is 1. The third-order valence-corrected chi connectivity index (χ3v) is 5.42. The molecule has 1 saturated heterocycles. The van der Waals surface area contributed by atoms with Gasteiger partial charge in [-0.15, -0.1) is 0 Å². The molecule has 2 aromatic rings. The number of pyridine rings is 1. The fourth-order valence-electron chi connectivity index (χ4n) is 3.63. The molecule has 0 aliphatic carbocycles. The van der Waals surface area contributed by atoms with Gasteiger partial charge in [0, 0.05) is 35.9 Å². The molecule has 128 valence electrons. The van der Waals surface area contributed by atoms with E-state index in [9.17, 15) is 10.1 Å². The van der Waals surface area contributed by atoms with Crippen molar-refractivity contribution < 1.29 is 4.92 Å². The summed E-state index contributed by atoms with van der Waals surface area (Å²) in [5, 5.41) is 13.0. The first kappa shape index (κ1) is 17.0. The number of rotatable bonds is 5. The number of nitrogens with zero attached hydrogens (tertiary/aromatic N) is 3. The highest BCUT2D eigenvalue weighted by Gasteiger charge is 2.21. The van der Waals surface area contributed by atoms with Crippen molar-refractivity contribution in [3.05, 3.63) is 56.2 Å². The molecule has 3 heterocycles. The molecule has 3 rings (SSSR count). The summed E-state index contributed by atoms with van der Waals surface area (Å²) < 4.78 is 0. The van der Waals surface area contributed by atoms with Crippen molar-refractivity contribution in [2.24, 2.45) is 5.92 Å². The largest absolute Gasteiger partial charge is 0.324 e. The summed E-state index contributed by atoms with van der Waals surface area (Å²) in [7, 11) is 0. The fraction of sp³-hybridized carbons (Fsp3) is 0.500. The van der Waals surface area contributed by atoms with Crippen LogP contribution < -0.4 is 0 Å². The van der Waals surface area contributed by atoms with Gasteiger partial charge >= 0.3 is 5.00 Å². The molecule has 0 aromatic carbocycles. The third-order valence-electron chi connectivity index (χ3n) is 4.49. The smallest absolute Gasteiger partial charge is 0.299 e. The lowest BCUT2D eigenvalue weighted by Gasteiger charge is -2.32. The first-order valence-corrected chi connectivity index (χ1v) is 9.26. The Labute approximate surface area is 146 Å². The average molecular weight is 345 g/mol. The van der Waals surface area contributed by atoms with Crippen molar-refractivity contribution in [3.8, 4) is 0 Å². The highest BCUT2D eigenvalue weighted by Crippen LogP contribution is 2.26. The van der Waals surface area contributed by atoms with E-state index in [-0.39, 0.29) is 9.92 Å². The first-order chi connectivity index (χ1) is 11.5. The topological polar surface area (TPSA) is 59.3 Å². The molecule has 0 N–H and O–H groups in total. The van der Waals surface area contributed by atoms with Crippen LogP contribution >= 0.6 is 11.3 Å². The maximum absolute atomic E-state index is 10.8. The van der Waals surface area contributed by atoms with Gasteiger partial charge in [0.05, 0.1) is 4.92 Å². The van der Waals surface area contributed by atoms with E-state index in [1.807, 2.05) is 19.2 Å². The second kappa shape index (κ2) is 7.40. The summed E-state index contributed by atoms with van der Waals surface area (Å²) in [6, 6.07) is 6.09. The zero-order valence-electron chi connectivity index (χ0n) is 14.2. The van der Waals surface area contributed by atoms with E-state index in [1.165, 1.54) is 29.7 Å². The maximum Gasteiger partial charge on any atom is 0.324 e. The number of piperidine rings is 1. The quantitative estimate of drug-likeness (QED) is 0.604. The molecule has 6 heteroatoms. The molecule has 1 atom stereocenters. The molecule has 1 fully saturated rings. The van der Waals surface area contributed by atoms with Crippen molar-refractivity contribution in [2.75, 3.05) is 13.1 Å². The van der Waals surface area contributed by atoms with Gasteiger partial charge in [-0.1, -0.05) is 11.3 Å². The second-order valence-corrected chi connectivity index (χ2v) is 7.65. The number of hydrogen-bond acceptors (Lipinski definition) is 5. The van der Waals surface area contributed by atoms with Gasteiger partial charge in [-0.05, 0) is 68.8 Å². The Morgan fingerprint density at radius 3 is 2.71 bits per heavy atom. The van der Waals surface area contributed by atoms with E-state index in [1.54, 1.807) is 6.07 Å². The fourth-order valence-corrected chi connectivity index (χ4v) is 4.35. The molecule has 0 amide bonds. The standard InChI is InChI=1S/C18H23N3O2S/c1-13-6-16(7-14(2)19-13)8-15-4-3-5-20(10-15)11-17-9-18(21(22)23)24-12-17/h6-7,9,12,15H,3-5,8,10-11H2,1-2H3/t15-/m1/s1. The van der Waals surface area contributed by atoms with Crippen LogP contribution in [-0.4, -0.2) is 27.9 Å². The zero-order valence-corrected chi connectivity index (χ0v) is 15.0. The predicted molar refractivity (Wildman–Crippen MR) is 96.4 cm³/mol. The minimum absolute atomic E-state index is 0.237. The highest BCUT2D eigenvalue weighted by atomic mass is 32.1. The lowest BCUT2D eigenvalue weighted by atomic mass is 9.91. The molecule has 0 bridgehead atoms. The molecule has 0 saturated carbocycles. The van der Waals surface area contributed by atoms with Crippen LogP contribution in [0, 0.1) is 29.9 Å². The van der Waals surface area contributed by atoms with Gasteiger partial charge in [0.15, 0.2) is 0 Å². The minimum atomic E-state index is -0.304. The molecule has 5 nitrogen and oxygen atoms in total. The normalized spacial score (nSPS) is 18.7. The number of hydrogen-bond donors (Lipinski definition) is 0. The van der Waals surface area contributed by atoms with E-state index >= 15 is 0 Å². The minimum Gasteiger partial charge on any atom is -0.299 e. The Hall–Kier alpha value is -1.79. The van der Waals surface area contributed by atoms with E-state index in [0.717, 1.165) is 43.0 Å². The van der Waals surface area contributed by atoms with Gasteiger partial charge in [-0.2, -0.15) is 0 Å². The van der Waals surface area contributed by atoms with Crippen molar-refractivity contribution >= 4 is 16.3 Å². The highest BCUT2D eigenvalue weighted by molar-refractivity contribution is 7.13. The van der Waals surface area contributed by atoms with Crippen LogP contribution in [0.15, 0.2) is 23.6 Å². The molecular weight excluding hydrogens is 322 g/mol. The van der Waals surface area contributed by atoms with Crippen molar-refractivity contribution in [2.45, 2.75) is 39.7 Å². The maximum atomic E-state index is 10.8. The zero-order chi connectivity index (χ0) is 17.1. The molecule has 2 aromatic heterocycles. The Morgan fingerprint density at radius 2 is 2.04 bits per heavy atom. The van der Waals surface area contributed by atoms with Gasteiger partial charge in [-0.25, -0.2) is 0 Å². The predicted octanol–water partition coefficient (Wildman–Crippen LogP) is 4.12. The van der Waals surface area contributed by atoms with Crippen molar-refractivity contribution in [1.29, 1.82) is 0 Å². The lowest BCUT2D eigenvalue weighted by Crippen LogP contribution is -2.35. The Bertz CT molecular complexity index is 709. The summed E-state index contributed by atoms with van der Waals surface area (Å²) in [5.41, 5.74) is 4.60. The molecular formula is C18H23N3O2S. The molecule has 0 unspecified atom stereocenters. The van der Waals surface area contributed by atoms with E-state index < -0.39 is 0 Å². The van der Waals surface area contributed by atoms with Crippen LogP contribution in [0.1, 0.15) is 35.4 Å². The van der Waals surface area contributed by atoms with E-state index in [2.05, 4.69) is 22.0 Å². The van der Waals surface area contributed by atoms with E-state index in [0.29, 0.717) is 5.92 Å². The van der Waals surface area contributed by atoms with E-state index in [4.69, 9.17) is 0 Å². The van der Waals surface area contributed by atoms with Crippen LogP contribution in [0.25, 0.3) is 0 Å². The number of aromatic nitrogens is 1. The Morgan fingerprint density at radius 1 is 1.29 bits per heavy atom. The molecule has 1 aliphatic rings. The SMILES string of the molecule is Cc1cc(C[C@H]2CCCN(Cc3csc([N+](=O)[O-])c3)C2)cc(C)n1. The summed E-state index contributed by atoms with van der Waals surface area (Å²) in [6.45, 7) is 7.05. The third kappa shape index (κ3) is 4.39. The first-order valence-electron chi connectivity index (χ1n) is 8.38. The van der Waals surface area contributed by atoms with Crippen LogP contribution in [0.2, 0.25) is 0 Å². The monoisotopic (exact) mass is 345 g/mol. The average Bonchev–Trinajstić information content (AvgIpc) is 2.95. The van der Waals surface area contributed by atoms with Crippen LogP contribution in [0.3, 0.4) is 0 Å². The van der Waals surface area contributed by atoms with Gasteiger partial charge in [0.1, 0.15) is 0 Å². The molecule has 1 aliphatic heterocycles. The molecule has 0 radical (unpaired) electrons. The van der Waals surface area contributed by atoms with Crippen LogP contribution in [0.5, 0.6) is 0 Å². The van der Waals surface area contributed by atoms with Crippen molar-refractivity contribution in [3.63, 3.8) is 0 Å². The lowest BCUT2D eigenvalue weighted by molar-refractivity contribution is -0.380. The van der Waals surface area contributed by atoms with Crippen LogP contribution in [0.4, 0.5) is 5.00 Å². The Balaban J connectivity index is 1.60. The molecule has 24 heavy (non-hydrogen) atoms. The summed E-state index contributed by atoms with van der Waals surface area (Å²) in [6.07, 6.45) is 3.53. The molecule has 0 spiro atoms. The van der Waals surface area contributed by atoms with Gasteiger partial charge in [-0.3, -0.25) is 20.0 Å². The number of aryl methyl sites for hydroxylation is 2. The Kier molecular flexibility index (Phi) is 5.26. The van der Waals surface area contributed by atoms with Gasteiger partial charge in [0.2, 0.25) is 0 Å². The summed E-state index contributed by atoms with van der Waals surface area (Å²) in [5.74, 6) is 0.647. The number of likely N-dealkylation sites (tertiary alicyclic amines) is 1. The summed E-state index contributed by atoms with van der Waals surface area (Å²) >= 11 is 1.22. The van der Waals surface area contributed by atoms with Crippen LogP contribution in [-0.2, 0) is 13.0 Å². The van der Waals surface area contributed by atoms with Gasteiger partial charge in [0.25, 0.3) is 0 Å². The van der Waals surface area contributed by atoms with Gasteiger partial charge < -0.3 is 0 Å². The summed E-state index contributed by atoms with van der Waals surface area (Å²) in [4.78, 5) is 17.4.